The van der Waals surface area contributed by atoms with Gasteiger partial charge in [0, 0.05) is 21.5 Å². The van der Waals surface area contributed by atoms with Crippen molar-refractivity contribution in [1.82, 2.24) is 0 Å². The molecule has 0 aliphatic rings. The number of aryl methyl sites for hydroxylation is 2. The van der Waals surface area contributed by atoms with Crippen molar-refractivity contribution in [2.45, 2.75) is 53.8 Å². The van der Waals surface area contributed by atoms with Crippen LogP contribution >= 0.6 is 0 Å². The first-order valence-electron chi connectivity index (χ1n) is 9.90. The van der Waals surface area contributed by atoms with Crippen molar-refractivity contribution in [1.29, 1.82) is 0 Å². The van der Waals surface area contributed by atoms with E-state index in [9.17, 15) is 9.59 Å². The summed E-state index contributed by atoms with van der Waals surface area (Å²) in [6.45, 7) is 10.8. The van der Waals surface area contributed by atoms with Gasteiger partial charge in [0.1, 0.15) is 0 Å². The van der Waals surface area contributed by atoms with Crippen LogP contribution in [0.3, 0.4) is 0 Å². The van der Waals surface area contributed by atoms with Gasteiger partial charge in [-0.15, -0.1) is 0 Å². The van der Waals surface area contributed by atoms with Crippen LogP contribution < -0.4 is 9.47 Å². The second-order valence-corrected chi connectivity index (χ2v) is 7.69. The van der Waals surface area contributed by atoms with Gasteiger partial charge in [0.25, 0.3) is 0 Å². The van der Waals surface area contributed by atoms with Crippen LogP contribution in [-0.2, 0) is 9.47 Å². The molecule has 0 aliphatic heterocycles. The molecular formula is C24H26O6. The summed E-state index contributed by atoms with van der Waals surface area (Å²) >= 11 is 0. The first-order valence-corrected chi connectivity index (χ1v) is 9.90. The third-order valence-electron chi connectivity index (χ3n) is 4.52. The lowest BCUT2D eigenvalue weighted by Crippen LogP contribution is -2.17. The highest BCUT2D eigenvalue weighted by Gasteiger charge is 2.23. The Kier molecular flexibility index (Phi) is 6.15. The fourth-order valence-corrected chi connectivity index (χ4v) is 3.40. The largest absolute Gasteiger partial charge is 0.514 e. The van der Waals surface area contributed by atoms with Crippen molar-refractivity contribution in [3.05, 3.63) is 47.5 Å². The first kappa shape index (κ1) is 21.4. The number of ether oxygens (including phenoxy) is 4. The summed E-state index contributed by atoms with van der Waals surface area (Å²) in [7, 11) is 0. The number of rotatable bonds is 4. The average Bonchev–Trinajstić information content (AvgIpc) is 2.63. The van der Waals surface area contributed by atoms with Crippen LogP contribution in [0.4, 0.5) is 9.59 Å². The van der Waals surface area contributed by atoms with E-state index in [0.717, 1.165) is 11.1 Å². The highest BCUT2D eigenvalue weighted by atomic mass is 16.7. The van der Waals surface area contributed by atoms with Gasteiger partial charge in [0.15, 0.2) is 11.5 Å². The Balaban J connectivity index is 2.31. The van der Waals surface area contributed by atoms with Gasteiger partial charge >= 0.3 is 12.3 Å². The van der Waals surface area contributed by atoms with Crippen molar-refractivity contribution >= 4 is 33.9 Å². The Hall–Kier alpha value is -3.28. The molecule has 0 amide bonds. The van der Waals surface area contributed by atoms with Gasteiger partial charge in [-0.3, -0.25) is 0 Å². The fraction of sp³-hybridized carbons (Fsp3) is 0.333. The van der Waals surface area contributed by atoms with Crippen LogP contribution in [-0.4, -0.2) is 24.5 Å². The van der Waals surface area contributed by atoms with Crippen molar-refractivity contribution in [3.63, 3.8) is 0 Å². The lowest BCUT2D eigenvalue weighted by Gasteiger charge is -2.19. The highest BCUT2D eigenvalue weighted by molar-refractivity contribution is 6.14. The van der Waals surface area contributed by atoms with Gasteiger partial charge in [-0.25, -0.2) is 9.59 Å². The maximum absolute atomic E-state index is 12.3. The molecule has 158 valence electrons. The fourth-order valence-electron chi connectivity index (χ4n) is 3.40. The summed E-state index contributed by atoms with van der Waals surface area (Å²) in [4.78, 5) is 24.7. The van der Waals surface area contributed by atoms with Crippen LogP contribution in [0.5, 0.6) is 11.5 Å². The number of carbonyl (C=O) groups excluding carboxylic acids is 2. The highest BCUT2D eigenvalue weighted by Crippen LogP contribution is 2.45. The van der Waals surface area contributed by atoms with Gasteiger partial charge in [-0.1, -0.05) is 36.4 Å². The minimum absolute atomic E-state index is 0.314. The van der Waals surface area contributed by atoms with Gasteiger partial charge in [0.05, 0.1) is 12.2 Å². The molecule has 0 bridgehead atoms. The molecule has 0 unspecified atom stereocenters. The van der Waals surface area contributed by atoms with Gasteiger partial charge in [0.2, 0.25) is 0 Å². The number of carbonyl (C=O) groups is 2. The van der Waals surface area contributed by atoms with E-state index in [-0.39, 0.29) is 12.2 Å². The third-order valence-corrected chi connectivity index (χ3v) is 4.52. The number of hydrogen-bond donors (Lipinski definition) is 0. The summed E-state index contributed by atoms with van der Waals surface area (Å²) in [6.07, 6.45) is -2.20. The van der Waals surface area contributed by atoms with E-state index in [1.54, 1.807) is 27.7 Å². The quantitative estimate of drug-likeness (QED) is 0.279. The summed E-state index contributed by atoms with van der Waals surface area (Å²) < 4.78 is 21.7. The predicted octanol–water partition coefficient (Wildman–Crippen LogP) is 6.46. The lowest BCUT2D eigenvalue weighted by molar-refractivity contribution is 0.0719. The predicted molar refractivity (Wildman–Crippen MR) is 115 cm³/mol. The summed E-state index contributed by atoms with van der Waals surface area (Å²) in [6, 6.07) is 11.2. The molecule has 0 saturated heterocycles. The molecule has 0 aromatic heterocycles. The van der Waals surface area contributed by atoms with E-state index in [0.29, 0.717) is 33.0 Å². The Morgan fingerprint density at radius 2 is 1.03 bits per heavy atom. The van der Waals surface area contributed by atoms with Crippen molar-refractivity contribution < 1.29 is 28.5 Å². The minimum atomic E-state index is -0.787. The molecular weight excluding hydrogens is 384 g/mol. The zero-order valence-electron chi connectivity index (χ0n) is 18.1. The first-order chi connectivity index (χ1) is 14.2. The second-order valence-electron chi connectivity index (χ2n) is 7.69. The Bertz CT molecular complexity index is 1020. The van der Waals surface area contributed by atoms with E-state index in [2.05, 4.69) is 0 Å². The molecule has 0 spiro atoms. The van der Waals surface area contributed by atoms with E-state index in [1.165, 1.54) is 0 Å². The van der Waals surface area contributed by atoms with Crippen molar-refractivity contribution in [3.8, 4) is 11.5 Å². The summed E-state index contributed by atoms with van der Waals surface area (Å²) in [5, 5.41) is 2.63. The Morgan fingerprint density at radius 1 is 0.667 bits per heavy atom. The number of fused-ring (bicyclic) bond motifs is 2. The molecule has 6 nitrogen and oxygen atoms in total. The maximum Gasteiger partial charge on any atom is 0.514 e. The topological polar surface area (TPSA) is 71.1 Å². The number of benzene rings is 3. The zero-order chi connectivity index (χ0) is 22.0. The van der Waals surface area contributed by atoms with E-state index < -0.39 is 12.3 Å². The van der Waals surface area contributed by atoms with Gasteiger partial charge in [-0.2, -0.15) is 0 Å². The van der Waals surface area contributed by atoms with Crippen LogP contribution in [0.2, 0.25) is 0 Å². The van der Waals surface area contributed by atoms with Crippen molar-refractivity contribution in [2.24, 2.45) is 0 Å². The second kappa shape index (κ2) is 8.61. The van der Waals surface area contributed by atoms with E-state index in [1.807, 2.05) is 50.2 Å². The number of hydrogen-bond acceptors (Lipinski definition) is 6. The monoisotopic (exact) mass is 410 g/mol. The summed E-state index contributed by atoms with van der Waals surface area (Å²) in [5.41, 5.74) is 1.73. The van der Waals surface area contributed by atoms with Crippen LogP contribution in [0, 0.1) is 13.8 Å². The van der Waals surface area contributed by atoms with Crippen LogP contribution in [0.15, 0.2) is 36.4 Å². The average molecular weight is 410 g/mol. The summed E-state index contributed by atoms with van der Waals surface area (Å²) in [5.74, 6) is 0.744. The molecule has 0 atom stereocenters. The molecule has 0 N–H and O–H groups in total. The molecule has 3 aromatic carbocycles. The Labute approximate surface area is 175 Å². The molecule has 30 heavy (non-hydrogen) atoms. The van der Waals surface area contributed by atoms with Gasteiger partial charge in [-0.05, 0) is 52.7 Å². The normalized spacial score (nSPS) is 11.2. The minimum Gasteiger partial charge on any atom is -0.431 e. The molecule has 0 heterocycles. The molecule has 0 aliphatic carbocycles. The third kappa shape index (κ3) is 4.32. The smallest absolute Gasteiger partial charge is 0.431 e. The standard InChI is InChI=1S/C24H26O6/c1-13(2)27-23(25)29-21-17-11-7-10-16(6)20(17)22(30-24(26)28-14(3)4)18-12-8-9-15(5)19(18)21/h7-14H,1-6H3. The van der Waals surface area contributed by atoms with E-state index in [4.69, 9.17) is 18.9 Å². The van der Waals surface area contributed by atoms with Crippen molar-refractivity contribution in [2.75, 3.05) is 0 Å². The molecule has 6 heteroatoms. The maximum atomic E-state index is 12.3. The molecule has 0 fully saturated rings. The molecule has 0 saturated carbocycles. The van der Waals surface area contributed by atoms with Crippen LogP contribution in [0.25, 0.3) is 21.5 Å². The van der Waals surface area contributed by atoms with Crippen LogP contribution in [0.1, 0.15) is 38.8 Å². The van der Waals surface area contributed by atoms with E-state index >= 15 is 0 Å². The lowest BCUT2D eigenvalue weighted by atomic mass is 9.95. The molecule has 3 rings (SSSR count). The molecule has 0 radical (unpaired) electrons. The molecule has 3 aromatic rings. The van der Waals surface area contributed by atoms with Gasteiger partial charge < -0.3 is 18.9 Å². The Morgan fingerprint density at radius 3 is 1.37 bits per heavy atom. The SMILES string of the molecule is Cc1cccc2c(OC(=O)OC(C)C)c3c(C)cccc3c(OC(=O)OC(C)C)c12. The zero-order valence-corrected chi connectivity index (χ0v) is 18.1.